The molecule has 4 saturated carbocycles. The molecule has 4 bridgehead atoms. The Hall–Kier alpha value is -1.44. The topological polar surface area (TPSA) is 124 Å². The molecule has 5 rings (SSSR count). The van der Waals surface area contributed by atoms with Crippen LogP contribution in [0.2, 0.25) is 0 Å². The summed E-state index contributed by atoms with van der Waals surface area (Å²) in [7, 11) is 0. The molecule has 0 radical (unpaired) electrons. The van der Waals surface area contributed by atoms with Crippen LogP contribution in [0, 0.1) is 34.5 Å². The molecule has 10 atom stereocenters. The van der Waals surface area contributed by atoms with Crippen molar-refractivity contribution < 1.29 is 34.8 Å². The summed E-state index contributed by atoms with van der Waals surface area (Å²) < 4.78 is 5.78. The quantitative estimate of drug-likeness (QED) is 0.384. The minimum atomic E-state index is -1.57. The van der Waals surface area contributed by atoms with Crippen LogP contribution in [-0.4, -0.2) is 56.3 Å². The fraction of sp³-hybridized carbons (Fsp3) is 0.789. The molecule has 4 aliphatic carbocycles. The molecule has 0 amide bonds. The van der Waals surface area contributed by atoms with Gasteiger partial charge in [-0.25, -0.2) is 0 Å². The molecule has 7 heteroatoms. The van der Waals surface area contributed by atoms with Crippen molar-refractivity contribution in [1.29, 1.82) is 0 Å². The molecule has 0 aromatic heterocycles. The Morgan fingerprint density at radius 3 is 2.58 bits per heavy atom. The zero-order valence-corrected chi connectivity index (χ0v) is 14.6. The van der Waals surface area contributed by atoms with E-state index in [9.17, 15) is 30.0 Å². The maximum absolute atomic E-state index is 12.8. The molecule has 4 N–H and O–H groups in total. The van der Waals surface area contributed by atoms with Gasteiger partial charge in [0.2, 0.25) is 0 Å². The lowest BCUT2D eigenvalue weighted by atomic mass is 9.57. The molecule has 5 aliphatic rings. The molecule has 0 aromatic rings. The Morgan fingerprint density at radius 2 is 1.92 bits per heavy atom. The highest BCUT2D eigenvalue weighted by Gasteiger charge is 2.86. The minimum Gasteiger partial charge on any atom is -0.481 e. The zero-order chi connectivity index (χ0) is 18.8. The molecule has 7 nitrogen and oxygen atoms in total. The summed E-state index contributed by atoms with van der Waals surface area (Å²) in [5.41, 5.74) is -2.63. The van der Waals surface area contributed by atoms with Gasteiger partial charge in [0.25, 0.3) is 0 Å². The van der Waals surface area contributed by atoms with Crippen molar-refractivity contribution in [2.75, 3.05) is 0 Å². The van der Waals surface area contributed by atoms with E-state index < -0.39 is 58.5 Å². The van der Waals surface area contributed by atoms with Gasteiger partial charge in [0, 0.05) is 11.8 Å². The average molecular weight is 364 g/mol. The van der Waals surface area contributed by atoms with E-state index in [1.807, 2.05) is 0 Å². The second-order valence-electron chi connectivity index (χ2n) is 9.30. The number of carbonyl (C=O) groups excluding carboxylic acids is 1. The predicted octanol–water partition coefficient (Wildman–Crippen LogP) is 0.0778. The average Bonchev–Trinajstić information content (AvgIpc) is 3.07. The van der Waals surface area contributed by atoms with E-state index >= 15 is 0 Å². The first-order valence-corrected chi connectivity index (χ1v) is 9.30. The first-order valence-electron chi connectivity index (χ1n) is 9.30. The summed E-state index contributed by atoms with van der Waals surface area (Å²) >= 11 is 0. The normalized spacial score (nSPS) is 59.8. The molecule has 0 unspecified atom stereocenters. The van der Waals surface area contributed by atoms with Crippen molar-refractivity contribution in [2.45, 2.75) is 56.5 Å². The first-order chi connectivity index (χ1) is 12.1. The highest BCUT2D eigenvalue weighted by Crippen LogP contribution is 2.77. The van der Waals surface area contributed by atoms with Gasteiger partial charge >= 0.3 is 11.9 Å². The molecule has 1 aliphatic heterocycles. The van der Waals surface area contributed by atoms with Crippen molar-refractivity contribution in [3.8, 4) is 0 Å². The van der Waals surface area contributed by atoms with E-state index in [2.05, 4.69) is 6.58 Å². The van der Waals surface area contributed by atoms with Crippen molar-refractivity contribution in [2.24, 2.45) is 34.5 Å². The summed E-state index contributed by atoms with van der Waals surface area (Å²) in [6.45, 7) is 5.62. The number of aliphatic hydroxyl groups is 3. The maximum atomic E-state index is 12.8. The number of hydrogen-bond donors (Lipinski definition) is 4. The second kappa shape index (κ2) is 4.51. The van der Waals surface area contributed by atoms with Crippen LogP contribution >= 0.6 is 0 Å². The number of rotatable bonds is 1. The lowest BCUT2D eigenvalue weighted by molar-refractivity contribution is -0.216. The van der Waals surface area contributed by atoms with Gasteiger partial charge in [0.15, 0.2) is 0 Å². The van der Waals surface area contributed by atoms with E-state index in [0.717, 1.165) is 12.0 Å². The summed E-state index contributed by atoms with van der Waals surface area (Å²) in [6.07, 6.45) is -2.00. The fourth-order valence-electron chi connectivity index (χ4n) is 7.69. The number of fused-ring (bicyclic) bond motifs is 1. The van der Waals surface area contributed by atoms with Crippen LogP contribution in [-0.2, 0) is 14.3 Å². The number of ether oxygens (including phenoxy) is 1. The summed E-state index contributed by atoms with van der Waals surface area (Å²) in [4.78, 5) is 25.2. The zero-order valence-electron chi connectivity index (χ0n) is 14.6. The number of aliphatic carboxylic acids is 1. The third kappa shape index (κ3) is 1.40. The van der Waals surface area contributed by atoms with Crippen LogP contribution in [0.4, 0.5) is 0 Å². The largest absolute Gasteiger partial charge is 0.481 e. The number of hydrogen-bond acceptors (Lipinski definition) is 6. The van der Waals surface area contributed by atoms with Crippen LogP contribution in [0.5, 0.6) is 0 Å². The standard InChI is InChI=1S/C19H24O7/c1-7-5-18-6-8(7)3-4-9(18)19-12(10(18)15(23)24)17(2,16(25)26-19)13(21)11(20)14(19)22/h8-14,20-22H,1,3-6H2,2H3,(H,23,24)/t8-,9-,10-,11+,12-,13+,14+,17+,18+,19-/m1/s1. The first kappa shape index (κ1) is 16.7. The van der Waals surface area contributed by atoms with Gasteiger partial charge in [-0.2, -0.15) is 0 Å². The lowest BCUT2D eigenvalue weighted by Crippen LogP contribution is -2.67. The van der Waals surface area contributed by atoms with E-state index in [1.54, 1.807) is 0 Å². The number of carboxylic acid groups (broad SMARTS) is 1. The van der Waals surface area contributed by atoms with Gasteiger partial charge < -0.3 is 25.2 Å². The molecular formula is C19H24O7. The van der Waals surface area contributed by atoms with Crippen LogP contribution in [0.1, 0.15) is 32.6 Å². The van der Waals surface area contributed by atoms with Gasteiger partial charge in [-0.3, -0.25) is 9.59 Å². The number of esters is 1. The Labute approximate surface area is 150 Å². The van der Waals surface area contributed by atoms with Gasteiger partial charge in [-0.15, -0.1) is 0 Å². The Kier molecular flexibility index (Phi) is 2.90. The van der Waals surface area contributed by atoms with Gasteiger partial charge in [-0.1, -0.05) is 12.2 Å². The van der Waals surface area contributed by atoms with Crippen molar-refractivity contribution in [3.05, 3.63) is 12.2 Å². The van der Waals surface area contributed by atoms with Crippen LogP contribution in [0.25, 0.3) is 0 Å². The molecule has 5 fully saturated rings. The monoisotopic (exact) mass is 364 g/mol. The lowest BCUT2D eigenvalue weighted by Gasteiger charge is -2.49. The molecule has 26 heavy (non-hydrogen) atoms. The molecule has 1 saturated heterocycles. The number of allylic oxidation sites excluding steroid dienone is 1. The third-order valence-corrected chi connectivity index (χ3v) is 8.59. The van der Waals surface area contributed by atoms with Crippen molar-refractivity contribution in [3.63, 3.8) is 0 Å². The molecule has 1 heterocycles. The van der Waals surface area contributed by atoms with Crippen LogP contribution in [0.3, 0.4) is 0 Å². The fourth-order valence-corrected chi connectivity index (χ4v) is 7.69. The van der Waals surface area contributed by atoms with E-state index in [4.69, 9.17) is 4.74 Å². The SMILES string of the molecule is C=C1C[C@]23C[C@H]1CC[C@H]2[C@@]12OC(=O)[C@@](C)([C@H]1[C@@H]3C(=O)O)[C@@H](O)[C@H](O)[C@@H]2O. The Balaban J connectivity index is 1.80. The number of carboxylic acids is 1. The van der Waals surface area contributed by atoms with E-state index in [0.29, 0.717) is 19.3 Å². The number of carbonyl (C=O) groups is 2. The molecule has 1 spiro atoms. The highest BCUT2D eigenvalue weighted by molar-refractivity contribution is 5.86. The Morgan fingerprint density at radius 1 is 1.23 bits per heavy atom. The third-order valence-electron chi connectivity index (χ3n) is 8.59. The van der Waals surface area contributed by atoms with Crippen LogP contribution < -0.4 is 0 Å². The van der Waals surface area contributed by atoms with Gasteiger partial charge in [0.05, 0.1) is 12.0 Å². The maximum Gasteiger partial charge on any atom is 0.315 e. The second-order valence-corrected chi connectivity index (χ2v) is 9.30. The van der Waals surface area contributed by atoms with Gasteiger partial charge in [-0.05, 0) is 43.9 Å². The predicted molar refractivity (Wildman–Crippen MR) is 86.6 cm³/mol. The van der Waals surface area contributed by atoms with Crippen molar-refractivity contribution in [1.82, 2.24) is 0 Å². The summed E-state index contributed by atoms with van der Waals surface area (Å²) in [5.74, 6) is -3.66. The van der Waals surface area contributed by atoms with Gasteiger partial charge in [0.1, 0.15) is 23.2 Å². The van der Waals surface area contributed by atoms with Crippen LogP contribution in [0.15, 0.2) is 12.2 Å². The molecule has 142 valence electrons. The van der Waals surface area contributed by atoms with E-state index in [1.165, 1.54) is 6.92 Å². The molecule has 0 aromatic carbocycles. The van der Waals surface area contributed by atoms with Crippen molar-refractivity contribution >= 4 is 11.9 Å². The minimum absolute atomic E-state index is 0.249. The highest BCUT2D eigenvalue weighted by atomic mass is 16.6. The summed E-state index contributed by atoms with van der Waals surface area (Å²) in [5, 5.41) is 42.2. The smallest absolute Gasteiger partial charge is 0.315 e. The Bertz CT molecular complexity index is 748. The van der Waals surface area contributed by atoms with E-state index in [-0.39, 0.29) is 11.8 Å². The summed E-state index contributed by atoms with van der Waals surface area (Å²) in [6, 6.07) is 0. The molecular weight excluding hydrogens is 340 g/mol. The number of aliphatic hydroxyl groups excluding tert-OH is 3.